The fourth-order valence-corrected chi connectivity index (χ4v) is 1.99. The van der Waals surface area contributed by atoms with Gasteiger partial charge in [0.2, 0.25) is 0 Å². The number of aromatic amines is 1. The molecule has 0 spiro atoms. The average Bonchev–Trinajstić information content (AvgIpc) is 2.72. The van der Waals surface area contributed by atoms with Crippen molar-refractivity contribution in [1.29, 1.82) is 0 Å². The number of aliphatic hydroxyl groups is 1. The second-order valence-electron chi connectivity index (χ2n) is 3.13. The second kappa shape index (κ2) is 3.61. The van der Waals surface area contributed by atoms with E-state index in [0.717, 1.165) is 18.7 Å². The summed E-state index contributed by atoms with van der Waals surface area (Å²) in [5.74, 6) is 0. The van der Waals surface area contributed by atoms with Crippen LogP contribution in [0.3, 0.4) is 0 Å². The van der Waals surface area contributed by atoms with Crippen molar-refractivity contribution in [2.24, 2.45) is 0 Å². The Kier molecular flexibility index (Phi) is 2.48. The molecule has 1 aromatic heterocycles. The topological polar surface area (TPSA) is 50.2 Å². The first-order valence-electron chi connectivity index (χ1n) is 4.30. The monoisotopic (exact) mass is 200 g/mol. The highest BCUT2D eigenvalue weighted by atomic mass is 32.1. The molecule has 0 aliphatic carbocycles. The molecule has 5 heteroatoms. The van der Waals surface area contributed by atoms with E-state index in [2.05, 4.69) is 4.98 Å². The predicted octanol–water partition coefficient (Wildman–Crippen LogP) is 0.999. The van der Waals surface area contributed by atoms with Crippen LogP contribution in [-0.4, -0.2) is 27.9 Å². The molecule has 1 saturated heterocycles. The van der Waals surface area contributed by atoms with E-state index >= 15 is 0 Å². The first-order chi connectivity index (χ1) is 6.33. The van der Waals surface area contributed by atoms with E-state index < -0.39 is 0 Å². The van der Waals surface area contributed by atoms with Gasteiger partial charge in [-0.2, -0.15) is 0 Å². The summed E-state index contributed by atoms with van der Waals surface area (Å²) in [7, 11) is 0. The van der Waals surface area contributed by atoms with Crippen LogP contribution in [0, 0.1) is 4.77 Å². The number of hydrogen-bond donors (Lipinski definition) is 2. The minimum Gasteiger partial charge on any atom is -0.390 e. The number of ether oxygens (including phenoxy) is 1. The van der Waals surface area contributed by atoms with Gasteiger partial charge in [0.25, 0.3) is 0 Å². The molecule has 1 aliphatic heterocycles. The van der Waals surface area contributed by atoms with Crippen LogP contribution >= 0.6 is 12.2 Å². The lowest BCUT2D eigenvalue weighted by Crippen LogP contribution is -2.11. The van der Waals surface area contributed by atoms with Gasteiger partial charge in [0, 0.05) is 12.8 Å². The third kappa shape index (κ3) is 1.54. The second-order valence-corrected chi connectivity index (χ2v) is 3.52. The van der Waals surface area contributed by atoms with Crippen molar-refractivity contribution >= 4 is 12.2 Å². The fourth-order valence-electron chi connectivity index (χ4n) is 1.66. The molecule has 0 saturated carbocycles. The van der Waals surface area contributed by atoms with E-state index in [1.165, 1.54) is 0 Å². The van der Waals surface area contributed by atoms with Crippen LogP contribution < -0.4 is 0 Å². The fraction of sp³-hybridized carbons (Fsp3) is 0.625. The summed E-state index contributed by atoms with van der Waals surface area (Å²) >= 11 is 5.12. The maximum atomic E-state index is 9.06. The Labute approximate surface area is 81.2 Å². The van der Waals surface area contributed by atoms with Gasteiger partial charge in [-0.1, -0.05) is 0 Å². The number of nitrogens with zero attached hydrogens (tertiary/aromatic N) is 1. The highest BCUT2D eigenvalue weighted by Crippen LogP contribution is 2.21. The van der Waals surface area contributed by atoms with Crippen LogP contribution in [0.1, 0.15) is 18.2 Å². The first kappa shape index (κ1) is 8.93. The lowest BCUT2D eigenvalue weighted by atomic mass is 10.2. The number of hydrogen-bond acceptors (Lipinski definition) is 3. The minimum absolute atomic E-state index is 0.0175. The number of aromatic nitrogens is 2. The van der Waals surface area contributed by atoms with Crippen molar-refractivity contribution in [3.05, 3.63) is 16.7 Å². The Balaban J connectivity index is 2.36. The summed E-state index contributed by atoms with van der Waals surface area (Å²) in [4.78, 5) is 2.93. The highest BCUT2D eigenvalue weighted by molar-refractivity contribution is 7.71. The molecular formula is C8H12N2O2S. The van der Waals surface area contributed by atoms with Crippen molar-refractivity contribution in [1.82, 2.24) is 9.55 Å². The number of imidazole rings is 1. The van der Waals surface area contributed by atoms with E-state index in [1.807, 2.05) is 4.57 Å². The Morgan fingerprint density at radius 1 is 1.77 bits per heavy atom. The maximum Gasteiger partial charge on any atom is 0.177 e. The molecule has 2 N–H and O–H groups in total. The van der Waals surface area contributed by atoms with Crippen LogP contribution in [0.15, 0.2) is 6.20 Å². The Morgan fingerprint density at radius 3 is 3.23 bits per heavy atom. The van der Waals surface area contributed by atoms with Gasteiger partial charge in [-0.15, -0.1) is 0 Å². The quantitative estimate of drug-likeness (QED) is 0.700. The Bertz CT molecular complexity index is 338. The van der Waals surface area contributed by atoms with Gasteiger partial charge in [-0.25, -0.2) is 0 Å². The molecular weight excluding hydrogens is 188 g/mol. The minimum atomic E-state index is 0.0175. The van der Waals surface area contributed by atoms with Gasteiger partial charge >= 0.3 is 0 Å². The summed E-state index contributed by atoms with van der Waals surface area (Å²) in [5, 5.41) is 9.06. The largest absolute Gasteiger partial charge is 0.390 e. The molecule has 72 valence electrons. The molecule has 1 fully saturated rings. The van der Waals surface area contributed by atoms with Crippen molar-refractivity contribution in [2.75, 3.05) is 13.2 Å². The molecule has 0 bridgehead atoms. The lowest BCUT2D eigenvalue weighted by Gasteiger charge is -2.12. The Hall–Kier alpha value is -0.650. The zero-order valence-corrected chi connectivity index (χ0v) is 8.01. The molecule has 1 unspecified atom stereocenters. The van der Waals surface area contributed by atoms with Crippen molar-refractivity contribution in [2.45, 2.75) is 19.1 Å². The SMILES string of the molecule is OCc1c[nH]c(=S)n1C1CCOC1. The van der Waals surface area contributed by atoms with Crippen LogP contribution in [0.2, 0.25) is 0 Å². The van der Waals surface area contributed by atoms with Crippen molar-refractivity contribution in [3.63, 3.8) is 0 Å². The molecule has 2 rings (SSSR count). The number of H-pyrrole nitrogens is 1. The molecule has 4 nitrogen and oxygen atoms in total. The van der Waals surface area contributed by atoms with E-state index in [9.17, 15) is 0 Å². The third-order valence-corrected chi connectivity index (χ3v) is 2.64. The molecule has 0 radical (unpaired) electrons. The smallest absolute Gasteiger partial charge is 0.177 e. The summed E-state index contributed by atoms with van der Waals surface area (Å²) < 4.78 is 7.89. The van der Waals surface area contributed by atoms with Gasteiger partial charge in [0.1, 0.15) is 0 Å². The van der Waals surface area contributed by atoms with Crippen molar-refractivity contribution in [3.8, 4) is 0 Å². The van der Waals surface area contributed by atoms with Gasteiger partial charge in [-0.05, 0) is 18.6 Å². The molecule has 0 aromatic carbocycles. The van der Waals surface area contributed by atoms with Crippen LogP contribution in [0.5, 0.6) is 0 Å². The zero-order chi connectivity index (χ0) is 9.26. The van der Waals surface area contributed by atoms with Gasteiger partial charge in [0.05, 0.1) is 24.9 Å². The summed E-state index contributed by atoms with van der Waals surface area (Å²) in [5.41, 5.74) is 0.834. The predicted molar refractivity (Wildman–Crippen MR) is 50.0 cm³/mol. The van der Waals surface area contributed by atoms with E-state index in [4.69, 9.17) is 22.1 Å². The van der Waals surface area contributed by atoms with Crippen LogP contribution in [-0.2, 0) is 11.3 Å². The van der Waals surface area contributed by atoms with Crippen LogP contribution in [0.4, 0.5) is 0 Å². The molecule has 1 aromatic rings. The number of rotatable bonds is 2. The van der Waals surface area contributed by atoms with Gasteiger partial charge < -0.3 is 19.4 Å². The van der Waals surface area contributed by atoms with E-state index in [-0.39, 0.29) is 6.61 Å². The van der Waals surface area contributed by atoms with Crippen LogP contribution in [0.25, 0.3) is 0 Å². The van der Waals surface area contributed by atoms with Crippen molar-refractivity contribution < 1.29 is 9.84 Å². The first-order valence-corrected chi connectivity index (χ1v) is 4.71. The Morgan fingerprint density at radius 2 is 2.62 bits per heavy atom. The van der Waals surface area contributed by atoms with E-state index in [1.54, 1.807) is 6.20 Å². The number of aliphatic hydroxyl groups excluding tert-OH is 1. The summed E-state index contributed by atoms with van der Waals surface area (Å²) in [6.45, 7) is 1.49. The summed E-state index contributed by atoms with van der Waals surface area (Å²) in [6.07, 6.45) is 2.72. The third-order valence-electron chi connectivity index (χ3n) is 2.32. The number of nitrogens with one attached hydrogen (secondary N) is 1. The van der Waals surface area contributed by atoms with E-state index in [0.29, 0.717) is 17.4 Å². The molecule has 2 heterocycles. The molecule has 0 amide bonds. The highest BCUT2D eigenvalue weighted by Gasteiger charge is 2.20. The summed E-state index contributed by atoms with van der Waals surface area (Å²) in [6, 6.07) is 0.292. The normalized spacial score (nSPS) is 22.4. The van der Waals surface area contributed by atoms with Gasteiger partial charge in [-0.3, -0.25) is 0 Å². The molecule has 1 atom stereocenters. The average molecular weight is 200 g/mol. The molecule has 13 heavy (non-hydrogen) atoms. The maximum absolute atomic E-state index is 9.06. The lowest BCUT2D eigenvalue weighted by molar-refractivity contribution is 0.184. The van der Waals surface area contributed by atoms with Gasteiger partial charge in [0.15, 0.2) is 4.77 Å². The standard InChI is InChI=1S/C8H12N2O2S/c11-4-7-3-9-8(13)10(7)6-1-2-12-5-6/h3,6,11H,1-2,4-5H2,(H,9,13). The zero-order valence-electron chi connectivity index (χ0n) is 7.19. The molecule has 1 aliphatic rings.